The Kier molecular flexibility index (Phi) is 8.03. The second-order valence-electron chi connectivity index (χ2n) is 11.0. The van der Waals surface area contributed by atoms with Gasteiger partial charge in [-0.15, -0.1) is 11.8 Å². The van der Waals surface area contributed by atoms with Gasteiger partial charge in [-0.2, -0.15) is 5.10 Å². The van der Waals surface area contributed by atoms with Gasteiger partial charge in [0.15, 0.2) is 0 Å². The molecule has 0 radical (unpaired) electrons. The number of thioether (sulfide) groups is 1. The highest BCUT2D eigenvalue weighted by Gasteiger charge is 2.33. The highest BCUT2D eigenvalue weighted by atomic mass is 32.2. The van der Waals surface area contributed by atoms with Crippen LogP contribution in [0.1, 0.15) is 46.7 Å². The summed E-state index contributed by atoms with van der Waals surface area (Å²) in [5.74, 6) is 2.27. The van der Waals surface area contributed by atoms with Crippen LogP contribution in [0, 0.1) is 13.8 Å². The molecule has 6 rings (SSSR count). The number of pyridine rings is 1. The Morgan fingerprint density at radius 2 is 1.82 bits per heavy atom. The highest BCUT2D eigenvalue weighted by Crippen LogP contribution is 2.46. The van der Waals surface area contributed by atoms with Crippen LogP contribution in [0.25, 0.3) is 22.2 Å². The third-order valence-corrected chi connectivity index (χ3v) is 11.1. The maximum Gasteiger partial charge on any atom is 0.0708 e. The number of fused-ring (bicyclic) bond motifs is 2. The smallest absolute Gasteiger partial charge is 0.0708 e. The van der Waals surface area contributed by atoms with Gasteiger partial charge in [0, 0.05) is 53.8 Å². The van der Waals surface area contributed by atoms with E-state index in [-0.39, 0.29) is 0 Å². The van der Waals surface area contributed by atoms with Crippen molar-refractivity contribution in [3.8, 4) is 11.3 Å². The summed E-state index contributed by atoms with van der Waals surface area (Å²) in [5.41, 5.74) is 10.2. The Morgan fingerprint density at radius 1 is 0.974 bits per heavy atom. The Balaban J connectivity index is 1.00. The van der Waals surface area contributed by atoms with Gasteiger partial charge in [0.2, 0.25) is 0 Å². The fourth-order valence-electron chi connectivity index (χ4n) is 6.10. The van der Waals surface area contributed by atoms with Crippen LogP contribution in [0.4, 0.5) is 0 Å². The van der Waals surface area contributed by atoms with Crippen molar-refractivity contribution < 1.29 is 0 Å². The van der Waals surface area contributed by atoms with Gasteiger partial charge in [0.05, 0.1) is 22.8 Å². The van der Waals surface area contributed by atoms with Crippen LogP contribution in [0.5, 0.6) is 0 Å². The van der Waals surface area contributed by atoms with Crippen LogP contribution in [0.3, 0.4) is 0 Å². The SMILES string of the molecule is Cc1ccc2c(C3SCN(SCCCN4CCc5ccc(-c6cc(C)nn6C)cc5CC4)C3C)cccc2n1. The van der Waals surface area contributed by atoms with Gasteiger partial charge in [-0.1, -0.05) is 42.3 Å². The van der Waals surface area contributed by atoms with E-state index in [0.717, 1.165) is 48.7 Å². The molecule has 2 unspecified atom stereocenters. The van der Waals surface area contributed by atoms with E-state index in [4.69, 9.17) is 4.98 Å². The van der Waals surface area contributed by atoms with E-state index in [2.05, 4.69) is 101 Å². The standard InChI is InChI=1S/C32H39N5S2/c1-22-9-12-28-29(7-5-8-30(28)33-22)32-24(3)37(21-38-32)39-18-6-15-36-16-13-25-10-11-27(20-26(25)14-17-36)31-19-23(2)34-35(31)4/h5,7-12,19-20,24,32H,6,13-18,21H2,1-4H3. The van der Waals surface area contributed by atoms with Crippen LogP contribution in [-0.2, 0) is 19.9 Å². The van der Waals surface area contributed by atoms with Crippen molar-refractivity contribution in [3.05, 3.63) is 82.7 Å². The minimum absolute atomic E-state index is 0.495. The van der Waals surface area contributed by atoms with Crippen molar-refractivity contribution in [2.24, 2.45) is 7.05 Å². The van der Waals surface area contributed by atoms with Gasteiger partial charge >= 0.3 is 0 Å². The molecule has 0 aliphatic carbocycles. The first kappa shape index (κ1) is 26.9. The summed E-state index contributed by atoms with van der Waals surface area (Å²) in [6.07, 6.45) is 3.51. The van der Waals surface area contributed by atoms with Gasteiger partial charge in [-0.05, 0) is 87.5 Å². The first-order valence-corrected chi connectivity index (χ1v) is 16.2. The number of aryl methyl sites for hydroxylation is 3. The molecule has 1 saturated heterocycles. The van der Waals surface area contributed by atoms with Gasteiger partial charge in [-0.3, -0.25) is 9.67 Å². The van der Waals surface area contributed by atoms with E-state index in [1.165, 1.54) is 52.1 Å². The predicted molar refractivity (Wildman–Crippen MR) is 167 cm³/mol. The van der Waals surface area contributed by atoms with Crippen molar-refractivity contribution >= 4 is 34.6 Å². The zero-order valence-electron chi connectivity index (χ0n) is 23.6. The summed E-state index contributed by atoms with van der Waals surface area (Å²) in [7, 11) is 2.04. The summed E-state index contributed by atoms with van der Waals surface area (Å²) in [6.45, 7) is 10.0. The molecule has 2 aromatic heterocycles. The average molecular weight is 558 g/mol. The Bertz CT molecular complexity index is 1460. The molecule has 1 fully saturated rings. The van der Waals surface area contributed by atoms with Crippen LogP contribution >= 0.6 is 23.7 Å². The number of nitrogens with zero attached hydrogens (tertiary/aromatic N) is 5. The number of hydrogen-bond acceptors (Lipinski definition) is 6. The van der Waals surface area contributed by atoms with Crippen LogP contribution in [-0.4, -0.2) is 61.3 Å². The summed E-state index contributed by atoms with van der Waals surface area (Å²) in [6, 6.07) is 20.8. The number of aromatic nitrogens is 3. The van der Waals surface area contributed by atoms with Gasteiger partial charge < -0.3 is 4.90 Å². The predicted octanol–water partition coefficient (Wildman–Crippen LogP) is 6.83. The normalized spacial score (nSPS) is 20.4. The van der Waals surface area contributed by atoms with Crippen molar-refractivity contribution in [1.82, 2.24) is 24.0 Å². The van der Waals surface area contributed by atoms with Crippen LogP contribution in [0.2, 0.25) is 0 Å². The van der Waals surface area contributed by atoms with E-state index in [9.17, 15) is 0 Å². The molecule has 7 heteroatoms. The summed E-state index contributed by atoms with van der Waals surface area (Å²) in [5, 5.41) is 6.34. The van der Waals surface area contributed by atoms with Crippen LogP contribution in [0.15, 0.2) is 54.6 Å². The lowest BCUT2D eigenvalue weighted by atomic mass is 9.99. The quantitative estimate of drug-likeness (QED) is 0.183. The first-order chi connectivity index (χ1) is 19.0. The average Bonchev–Trinajstić information content (AvgIpc) is 3.39. The molecule has 0 amide bonds. The fraction of sp³-hybridized carbons (Fsp3) is 0.438. The molecule has 39 heavy (non-hydrogen) atoms. The van der Waals surface area contributed by atoms with Crippen molar-refractivity contribution in [1.29, 1.82) is 0 Å². The maximum atomic E-state index is 4.76. The van der Waals surface area contributed by atoms with Crippen molar-refractivity contribution in [2.45, 2.75) is 51.3 Å². The molecular weight excluding hydrogens is 519 g/mol. The molecule has 2 aromatic carbocycles. The van der Waals surface area contributed by atoms with E-state index < -0.39 is 0 Å². The van der Waals surface area contributed by atoms with E-state index in [1.54, 1.807) is 0 Å². The van der Waals surface area contributed by atoms with Gasteiger partial charge in [-0.25, -0.2) is 4.31 Å². The lowest BCUT2D eigenvalue weighted by Crippen LogP contribution is -2.28. The topological polar surface area (TPSA) is 37.2 Å². The van der Waals surface area contributed by atoms with Crippen molar-refractivity contribution in [3.63, 3.8) is 0 Å². The lowest BCUT2D eigenvalue weighted by molar-refractivity contribution is 0.288. The second kappa shape index (κ2) is 11.7. The van der Waals surface area contributed by atoms with Gasteiger partial charge in [0.1, 0.15) is 0 Å². The molecule has 0 N–H and O–H groups in total. The molecule has 204 valence electrons. The molecule has 2 atom stereocenters. The lowest BCUT2D eigenvalue weighted by Gasteiger charge is -2.24. The Morgan fingerprint density at radius 3 is 2.64 bits per heavy atom. The van der Waals surface area contributed by atoms with E-state index >= 15 is 0 Å². The summed E-state index contributed by atoms with van der Waals surface area (Å²) >= 11 is 4.12. The second-order valence-corrected chi connectivity index (χ2v) is 13.3. The summed E-state index contributed by atoms with van der Waals surface area (Å²) < 4.78 is 4.61. The molecule has 0 saturated carbocycles. The fourth-order valence-corrected chi connectivity index (χ4v) is 8.86. The third kappa shape index (κ3) is 5.78. The highest BCUT2D eigenvalue weighted by molar-refractivity contribution is 8.02. The molecular formula is C32H39N5S2. The zero-order valence-corrected chi connectivity index (χ0v) is 25.2. The minimum Gasteiger partial charge on any atom is -0.303 e. The van der Waals surface area contributed by atoms with Gasteiger partial charge in [0.25, 0.3) is 0 Å². The maximum absolute atomic E-state index is 4.76. The van der Waals surface area contributed by atoms with Crippen LogP contribution < -0.4 is 0 Å². The molecule has 4 aromatic rings. The number of benzene rings is 2. The number of rotatable bonds is 7. The molecule has 0 bridgehead atoms. The molecule has 0 spiro atoms. The minimum atomic E-state index is 0.495. The summed E-state index contributed by atoms with van der Waals surface area (Å²) in [4.78, 5) is 7.43. The zero-order chi connectivity index (χ0) is 26.9. The first-order valence-electron chi connectivity index (χ1n) is 14.2. The monoisotopic (exact) mass is 557 g/mol. The number of hydrogen-bond donors (Lipinski definition) is 0. The molecule has 5 nitrogen and oxygen atoms in total. The molecule has 4 heterocycles. The van der Waals surface area contributed by atoms with Crippen molar-refractivity contribution in [2.75, 3.05) is 31.3 Å². The molecule has 2 aliphatic heterocycles. The largest absolute Gasteiger partial charge is 0.303 e. The van der Waals surface area contributed by atoms with E-state index in [1.807, 2.05) is 23.7 Å². The third-order valence-electron chi connectivity index (χ3n) is 8.26. The molecule has 2 aliphatic rings. The Hall–Kier alpha value is -2.32. The van der Waals surface area contributed by atoms with E-state index in [0.29, 0.717) is 11.3 Å². The Labute approximate surface area is 241 Å².